The van der Waals surface area contributed by atoms with Crippen molar-refractivity contribution in [1.82, 2.24) is 15.6 Å². The molecule has 3 rings (SSSR count). The quantitative estimate of drug-likeness (QED) is 0.238. The lowest BCUT2D eigenvalue weighted by Crippen LogP contribution is -2.19. The number of halogens is 1. The van der Waals surface area contributed by atoms with Gasteiger partial charge in [0.15, 0.2) is 8.68 Å². The Bertz CT molecular complexity index is 1030. The molecule has 3 aromatic rings. The molecule has 30 heavy (non-hydrogen) atoms. The summed E-state index contributed by atoms with van der Waals surface area (Å²) in [7, 11) is 1.61. The second kappa shape index (κ2) is 11.5. The predicted octanol–water partition coefficient (Wildman–Crippen LogP) is 5.15. The molecule has 0 spiro atoms. The summed E-state index contributed by atoms with van der Waals surface area (Å²) in [5, 5.41) is 12.3. The molecule has 0 aliphatic rings. The first-order chi connectivity index (χ1) is 14.5. The minimum atomic E-state index is -0.201. The normalized spacial score (nSPS) is 11.0. The molecule has 0 radical (unpaired) electrons. The van der Waals surface area contributed by atoms with Gasteiger partial charge >= 0.3 is 0 Å². The molecule has 0 atom stereocenters. The zero-order chi connectivity index (χ0) is 21.3. The number of amides is 1. The first-order valence-electron chi connectivity index (χ1n) is 8.83. The number of carbonyl (C=O) groups excluding carboxylic acids is 1. The number of hydrogen-bond donors (Lipinski definition) is 1. The minimum absolute atomic E-state index is 0.201. The molecule has 0 saturated heterocycles. The Labute approximate surface area is 196 Å². The van der Waals surface area contributed by atoms with Gasteiger partial charge in [-0.1, -0.05) is 64.7 Å². The van der Waals surface area contributed by atoms with Crippen LogP contribution < -0.4 is 10.2 Å². The fraction of sp³-hybridized carbons (Fsp3) is 0.200. The van der Waals surface area contributed by atoms with Crippen molar-refractivity contribution in [1.29, 1.82) is 0 Å². The van der Waals surface area contributed by atoms with Crippen LogP contribution in [0.25, 0.3) is 0 Å². The second-order valence-electron chi connectivity index (χ2n) is 6.08. The molecule has 1 heterocycles. The Balaban J connectivity index is 1.41. The van der Waals surface area contributed by atoms with Crippen molar-refractivity contribution in [3.05, 3.63) is 63.6 Å². The van der Waals surface area contributed by atoms with E-state index in [4.69, 9.17) is 4.74 Å². The van der Waals surface area contributed by atoms with Crippen LogP contribution in [0.2, 0.25) is 0 Å². The summed E-state index contributed by atoms with van der Waals surface area (Å²) in [5.41, 5.74) is 5.86. The molecule has 1 amide bonds. The molecule has 6 nitrogen and oxygen atoms in total. The molecule has 0 aliphatic heterocycles. The minimum Gasteiger partial charge on any atom is -0.496 e. The van der Waals surface area contributed by atoms with E-state index in [9.17, 15) is 4.79 Å². The summed E-state index contributed by atoms with van der Waals surface area (Å²) >= 11 is 7.90. The van der Waals surface area contributed by atoms with Gasteiger partial charge in [0.2, 0.25) is 0 Å². The van der Waals surface area contributed by atoms with Crippen molar-refractivity contribution in [2.75, 3.05) is 12.9 Å². The third-order valence-electron chi connectivity index (χ3n) is 3.78. The molecule has 156 valence electrons. The largest absolute Gasteiger partial charge is 0.496 e. The van der Waals surface area contributed by atoms with Gasteiger partial charge in [-0.3, -0.25) is 4.79 Å². The first-order valence-corrected chi connectivity index (χ1v) is 12.4. The maximum atomic E-state index is 12.0. The van der Waals surface area contributed by atoms with E-state index in [0.29, 0.717) is 0 Å². The van der Waals surface area contributed by atoms with Crippen LogP contribution in [0.15, 0.2) is 60.7 Å². The number of aryl methyl sites for hydroxylation is 1. The standard InChI is InChI=1S/C20H19BrN4O2S3/c1-13-3-5-14(6-4-13)11-28-19-24-25-20(30-19)29-12-18(26)23-22-10-15-7-8-17(27-2)16(21)9-15/h3-10H,11-12H2,1-2H3,(H,23,26)/b22-10-. The molecule has 0 saturated carbocycles. The smallest absolute Gasteiger partial charge is 0.250 e. The fourth-order valence-electron chi connectivity index (χ4n) is 2.24. The monoisotopic (exact) mass is 522 g/mol. The lowest BCUT2D eigenvalue weighted by atomic mass is 10.2. The van der Waals surface area contributed by atoms with Crippen molar-refractivity contribution >= 4 is 62.9 Å². The van der Waals surface area contributed by atoms with Gasteiger partial charge in [0.05, 0.1) is 23.5 Å². The number of aromatic nitrogens is 2. The molecule has 1 N–H and O–H groups in total. The molecule has 0 aliphatic carbocycles. The molecule has 1 aromatic heterocycles. The number of carbonyl (C=O) groups is 1. The van der Waals surface area contributed by atoms with E-state index < -0.39 is 0 Å². The SMILES string of the molecule is COc1ccc(/C=N\NC(=O)CSc2nnc(SCc3ccc(C)cc3)s2)cc1Br. The first kappa shape index (κ1) is 22.8. The van der Waals surface area contributed by atoms with Crippen LogP contribution in [-0.2, 0) is 10.5 Å². The Morgan fingerprint density at radius 2 is 1.93 bits per heavy atom. The molecule has 0 bridgehead atoms. The van der Waals surface area contributed by atoms with Gasteiger partial charge in [0.25, 0.3) is 5.91 Å². The van der Waals surface area contributed by atoms with Crippen LogP contribution in [0, 0.1) is 6.92 Å². The van der Waals surface area contributed by atoms with Gasteiger partial charge in [0.1, 0.15) is 5.75 Å². The predicted molar refractivity (Wildman–Crippen MR) is 128 cm³/mol. The van der Waals surface area contributed by atoms with Crippen LogP contribution in [0.1, 0.15) is 16.7 Å². The number of methoxy groups -OCH3 is 1. The summed E-state index contributed by atoms with van der Waals surface area (Å²) in [6.45, 7) is 2.07. The number of hydrogen-bond acceptors (Lipinski definition) is 8. The van der Waals surface area contributed by atoms with Gasteiger partial charge < -0.3 is 4.74 Å². The highest BCUT2D eigenvalue weighted by Gasteiger charge is 2.09. The average Bonchev–Trinajstić information content (AvgIpc) is 3.20. The second-order valence-corrected chi connectivity index (χ2v) is 10.4. The molecule has 2 aromatic carbocycles. The fourth-order valence-corrected chi connectivity index (χ4v) is 5.57. The highest BCUT2D eigenvalue weighted by Crippen LogP contribution is 2.30. The van der Waals surface area contributed by atoms with Crippen LogP contribution in [0.3, 0.4) is 0 Å². The Morgan fingerprint density at radius 3 is 2.63 bits per heavy atom. The topological polar surface area (TPSA) is 76.5 Å². The van der Waals surface area contributed by atoms with E-state index in [2.05, 4.69) is 67.8 Å². The zero-order valence-electron chi connectivity index (χ0n) is 16.3. The number of thioether (sulfide) groups is 2. The van der Waals surface area contributed by atoms with Crippen LogP contribution in [0.5, 0.6) is 5.75 Å². The Morgan fingerprint density at radius 1 is 1.20 bits per heavy atom. The lowest BCUT2D eigenvalue weighted by molar-refractivity contribution is -0.118. The molecular weight excluding hydrogens is 504 g/mol. The molecule has 0 fully saturated rings. The third-order valence-corrected chi connectivity index (χ3v) is 7.66. The van der Waals surface area contributed by atoms with E-state index in [0.717, 1.165) is 30.2 Å². The molecule has 0 unspecified atom stereocenters. The number of nitrogens with one attached hydrogen (secondary N) is 1. The highest BCUT2D eigenvalue weighted by atomic mass is 79.9. The molecular formula is C20H19BrN4O2S3. The van der Waals surface area contributed by atoms with Crippen molar-refractivity contribution in [3.8, 4) is 5.75 Å². The van der Waals surface area contributed by atoms with E-state index in [1.54, 1.807) is 25.1 Å². The van der Waals surface area contributed by atoms with Crippen molar-refractivity contribution in [2.24, 2.45) is 5.10 Å². The zero-order valence-corrected chi connectivity index (χ0v) is 20.3. The van der Waals surface area contributed by atoms with Crippen LogP contribution >= 0.6 is 50.8 Å². The highest BCUT2D eigenvalue weighted by molar-refractivity contribution is 9.10. The van der Waals surface area contributed by atoms with Crippen LogP contribution in [0.4, 0.5) is 0 Å². The number of rotatable bonds is 9. The van der Waals surface area contributed by atoms with E-state index >= 15 is 0 Å². The average molecular weight is 524 g/mol. The summed E-state index contributed by atoms with van der Waals surface area (Å²) in [4.78, 5) is 12.0. The lowest BCUT2D eigenvalue weighted by Gasteiger charge is -2.03. The number of ether oxygens (including phenoxy) is 1. The summed E-state index contributed by atoms with van der Waals surface area (Å²) < 4.78 is 7.66. The van der Waals surface area contributed by atoms with E-state index in [1.807, 2.05) is 18.2 Å². The number of hydrazone groups is 1. The maximum Gasteiger partial charge on any atom is 0.250 e. The van der Waals surface area contributed by atoms with Crippen molar-refractivity contribution < 1.29 is 9.53 Å². The Kier molecular flexibility index (Phi) is 8.74. The summed E-state index contributed by atoms with van der Waals surface area (Å²) in [6.07, 6.45) is 1.58. The number of nitrogens with zero attached hydrogens (tertiary/aromatic N) is 3. The number of benzene rings is 2. The van der Waals surface area contributed by atoms with Gasteiger partial charge in [-0.25, -0.2) is 5.43 Å². The maximum absolute atomic E-state index is 12.0. The van der Waals surface area contributed by atoms with Gasteiger partial charge in [-0.05, 0) is 52.2 Å². The van der Waals surface area contributed by atoms with Gasteiger partial charge in [-0.2, -0.15) is 5.10 Å². The third kappa shape index (κ3) is 7.12. The van der Waals surface area contributed by atoms with Crippen molar-refractivity contribution in [2.45, 2.75) is 21.4 Å². The summed E-state index contributed by atoms with van der Waals surface area (Å²) in [5.74, 6) is 1.60. The Hall–Kier alpha value is -1.88. The van der Waals surface area contributed by atoms with Crippen LogP contribution in [-0.4, -0.2) is 35.2 Å². The van der Waals surface area contributed by atoms with Gasteiger partial charge in [-0.15, -0.1) is 10.2 Å². The van der Waals surface area contributed by atoms with E-state index in [-0.39, 0.29) is 11.7 Å². The van der Waals surface area contributed by atoms with E-state index in [1.165, 1.54) is 34.2 Å². The molecule has 10 heteroatoms. The van der Waals surface area contributed by atoms with Gasteiger partial charge in [0, 0.05) is 5.75 Å². The van der Waals surface area contributed by atoms with Crippen molar-refractivity contribution in [3.63, 3.8) is 0 Å². The summed E-state index contributed by atoms with van der Waals surface area (Å²) in [6, 6.07) is 14.0.